The largest absolute Gasteiger partial charge is 0.234 e. The van der Waals surface area contributed by atoms with Crippen LogP contribution in [0.15, 0.2) is 57.8 Å². The van der Waals surface area contributed by atoms with Gasteiger partial charge in [-0.3, -0.25) is 0 Å². The van der Waals surface area contributed by atoms with Crippen LogP contribution in [0.1, 0.15) is 0 Å². The van der Waals surface area contributed by atoms with Crippen molar-refractivity contribution in [2.75, 3.05) is 12.3 Å². The summed E-state index contributed by atoms with van der Waals surface area (Å²) >= 11 is 0.774. The molecule has 0 saturated carbocycles. The first-order valence-corrected chi connectivity index (χ1v) is 11.8. The molecule has 0 aliphatic rings. The summed E-state index contributed by atoms with van der Waals surface area (Å²) in [6.45, 7) is 0. The van der Waals surface area contributed by atoms with E-state index in [0.717, 1.165) is 17.6 Å². The van der Waals surface area contributed by atoms with Crippen molar-refractivity contribution in [3.05, 3.63) is 54.3 Å². The van der Waals surface area contributed by atoms with E-state index in [4.69, 9.17) is 0 Å². The minimum Gasteiger partial charge on any atom is -0.233 e. The molecule has 5 nitrogen and oxygen atoms in total. The smallest absolute Gasteiger partial charge is 0.233 e. The molecule has 0 radical (unpaired) electrons. The van der Waals surface area contributed by atoms with Crippen LogP contribution in [0.4, 0.5) is 8.78 Å². The summed E-state index contributed by atoms with van der Waals surface area (Å²) in [5.41, 5.74) is 1.22. The summed E-state index contributed by atoms with van der Waals surface area (Å²) in [5, 5.41) is 0. The highest BCUT2D eigenvalue weighted by molar-refractivity contribution is 7.93. The molecular weight excluding hydrogens is 416 g/mol. The van der Waals surface area contributed by atoms with Gasteiger partial charge < -0.3 is 0 Å². The molecule has 3 rings (SSSR count). The third kappa shape index (κ3) is 4.07. The number of hydrogen-bond donors (Lipinski definition) is 0. The molecule has 2 aromatic carbocycles. The van der Waals surface area contributed by atoms with E-state index < -0.39 is 35.8 Å². The minimum absolute atomic E-state index is 0.107. The highest BCUT2D eigenvalue weighted by Gasteiger charge is 2.24. The fraction of sp³-hybridized carbons (Fsp3) is 0.118. The molecule has 10 heteroatoms. The minimum atomic E-state index is -4.18. The van der Waals surface area contributed by atoms with Gasteiger partial charge in [0.25, 0.3) is 0 Å². The Labute approximate surface area is 159 Å². The fourth-order valence-corrected chi connectivity index (χ4v) is 5.00. The van der Waals surface area contributed by atoms with Crippen molar-refractivity contribution in [2.24, 2.45) is 0 Å². The lowest BCUT2D eigenvalue weighted by molar-refractivity contribution is 0.534. The van der Waals surface area contributed by atoms with Gasteiger partial charge in [0, 0.05) is 11.8 Å². The predicted molar refractivity (Wildman–Crippen MR) is 99.2 cm³/mol. The normalized spacial score (nSPS) is 12.3. The summed E-state index contributed by atoms with van der Waals surface area (Å²) in [4.78, 5) is 4.57. The number of sulfone groups is 2. The van der Waals surface area contributed by atoms with Gasteiger partial charge in [0.05, 0.1) is 15.5 Å². The highest BCUT2D eigenvalue weighted by Crippen LogP contribution is 2.39. The third-order valence-corrected chi connectivity index (χ3v) is 7.63. The SMILES string of the molecule is CS(=O)(=O)c1ccc(-c2sc(S(=O)(=O)CF)nc2-c2ccc(F)cc2)cc1. The highest BCUT2D eigenvalue weighted by atomic mass is 32.2. The summed E-state index contributed by atoms with van der Waals surface area (Å²) in [5.74, 6) is -0.468. The maximum atomic E-state index is 13.2. The first kappa shape index (κ1) is 19.6. The third-order valence-electron chi connectivity index (χ3n) is 3.68. The van der Waals surface area contributed by atoms with Crippen LogP contribution in [0, 0.1) is 5.82 Å². The second-order valence-electron chi connectivity index (χ2n) is 5.68. The zero-order valence-corrected chi connectivity index (χ0v) is 16.3. The quantitative estimate of drug-likeness (QED) is 0.617. The molecule has 1 heterocycles. The van der Waals surface area contributed by atoms with Crippen molar-refractivity contribution in [3.63, 3.8) is 0 Å². The monoisotopic (exact) mass is 429 g/mol. The molecule has 27 heavy (non-hydrogen) atoms. The molecule has 0 aliphatic heterocycles. The molecule has 0 aliphatic carbocycles. The number of rotatable bonds is 5. The Morgan fingerprint density at radius 1 is 0.926 bits per heavy atom. The van der Waals surface area contributed by atoms with E-state index in [1.54, 1.807) is 0 Å². The number of hydrogen-bond acceptors (Lipinski definition) is 6. The Bertz CT molecular complexity index is 1180. The van der Waals surface area contributed by atoms with E-state index in [1.165, 1.54) is 48.5 Å². The summed E-state index contributed by atoms with van der Waals surface area (Å²) in [6.07, 6.45) is 1.07. The zero-order chi connectivity index (χ0) is 19.8. The van der Waals surface area contributed by atoms with Gasteiger partial charge in [-0.05, 0) is 42.0 Å². The molecule has 142 valence electrons. The molecule has 0 amide bonds. The topological polar surface area (TPSA) is 81.2 Å². The van der Waals surface area contributed by atoms with Crippen LogP contribution in [0.25, 0.3) is 21.7 Å². The Hall–Kier alpha value is -2.17. The van der Waals surface area contributed by atoms with Gasteiger partial charge in [0.15, 0.2) is 15.8 Å². The molecule has 0 unspecified atom stereocenters. The van der Waals surface area contributed by atoms with Crippen molar-refractivity contribution < 1.29 is 25.6 Å². The lowest BCUT2D eigenvalue weighted by atomic mass is 10.1. The number of halogens is 2. The van der Waals surface area contributed by atoms with Crippen LogP contribution in [-0.2, 0) is 19.7 Å². The van der Waals surface area contributed by atoms with Crippen LogP contribution in [0.3, 0.4) is 0 Å². The number of nitrogens with zero attached hydrogens (tertiary/aromatic N) is 1. The van der Waals surface area contributed by atoms with Gasteiger partial charge in [0.2, 0.25) is 14.2 Å². The van der Waals surface area contributed by atoms with Gasteiger partial charge in [0.1, 0.15) is 5.82 Å². The Kier molecular flexibility index (Phi) is 5.15. The lowest BCUT2D eigenvalue weighted by Gasteiger charge is -2.04. The molecule has 0 N–H and O–H groups in total. The fourth-order valence-electron chi connectivity index (χ4n) is 2.33. The van der Waals surface area contributed by atoms with E-state index in [2.05, 4.69) is 4.98 Å². The second kappa shape index (κ2) is 7.10. The molecule has 1 aromatic heterocycles. The van der Waals surface area contributed by atoms with Crippen molar-refractivity contribution in [2.45, 2.75) is 9.24 Å². The van der Waals surface area contributed by atoms with Gasteiger partial charge in [-0.2, -0.15) is 0 Å². The van der Waals surface area contributed by atoms with Crippen molar-refractivity contribution in [3.8, 4) is 21.7 Å². The van der Waals surface area contributed by atoms with Crippen molar-refractivity contribution in [1.82, 2.24) is 4.98 Å². The summed E-state index contributed by atoms with van der Waals surface area (Å²) in [7, 11) is -7.57. The van der Waals surface area contributed by atoms with E-state index >= 15 is 0 Å². The number of alkyl halides is 1. The molecule has 0 saturated heterocycles. The van der Waals surface area contributed by atoms with Crippen LogP contribution in [0.5, 0.6) is 0 Å². The Morgan fingerprint density at radius 2 is 1.48 bits per heavy atom. The predicted octanol–water partition coefficient (Wildman–Crippen LogP) is 3.72. The molecule has 0 bridgehead atoms. The van der Waals surface area contributed by atoms with E-state index in [1.807, 2.05) is 0 Å². The molecule has 0 atom stereocenters. The number of thiazole rings is 1. The molecule has 3 aromatic rings. The van der Waals surface area contributed by atoms with E-state index in [-0.39, 0.29) is 10.6 Å². The van der Waals surface area contributed by atoms with E-state index in [9.17, 15) is 25.6 Å². The van der Waals surface area contributed by atoms with Gasteiger partial charge in [-0.15, -0.1) is 11.3 Å². The first-order valence-electron chi connectivity index (χ1n) is 7.48. The Balaban J connectivity index is 2.20. The molecule has 0 fully saturated rings. The average molecular weight is 429 g/mol. The molecular formula is C17H13F2NO4S3. The maximum Gasteiger partial charge on any atom is 0.234 e. The Morgan fingerprint density at radius 3 is 2.00 bits per heavy atom. The maximum absolute atomic E-state index is 13.2. The summed E-state index contributed by atoms with van der Waals surface area (Å²) < 4.78 is 72.7. The van der Waals surface area contributed by atoms with Crippen LogP contribution in [0.2, 0.25) is 0 Å². The van der Waals surface area contributed by atoms with Crippen LogP contribution in [-0.4, -0.2) is 34.1 Å². The standard InChI is InChI=1S/C17H13F2NO4S3/c1-26(21,22)14-8-4-12(5-9-14)16-15(11-2-6-13(19)7-3-11)20-17(25-16)27(23,24)10-18/h2-9H,10H2,1H3. The van der Waals surface area contributed by atoms with Crippen molar-refractivity contribution >= 4 is 31.0 Å². The van der Waals surface area contributed by atoms with Crippen molar-refractivity contribution in [1.29, 1.82) is 0 Å². The molecule has 0 spiro atoms. The lowest BCUT2D eigenvalue weighted by Crippen LogP contribution is -2.01. The van der Waals surface area contributed by atoms with Gasteiger partial charge in [-0.1, -0.05) is 12.1 Å². The average Bonchev–Trinajstić information content (AvgIpc) is 3.08. The summed E-state index contributed by atoms with van der Waals surface area (Å²) in [6, 6.07) is 9.50. The number of benzene rings is 2. The zero-order valence-electron chi connectivity index (χ0n) is 13.9. The number of aromatic nitrogens is 1. The van der Waals surface area contributed by atoms with E-state index in [0.29, 0.717) is 16.0 Å². The van der Waals surface area contributed by atoms with Crippen LogP contribution < -0.4 is 0 Å². The second-order valence-corrected chi connectivity index (χ2v) is 10.8. The first-order chi connectivity index (χ1) is 12.6. The van der Waals surface area contributed by atoms with Gasteiger partial charge >= 0.3 is 0 Å². The van der Waals surface area contributed by atoms with Gasteiger partial charge in [-0.25, -0.2) is 30.6 Å². The van der Waals surface area contributed by atoms with Crippen LogP contribution >= 0.6 is 11.3 Å².